The first-order valence-corrected chi connectivity index (χ1v) is 9.68. The highest BCUT2D eigenvalue weighted by atomic mass is 16.6. The number of nitrogens with one attached hydrogen (secondary N) is 2. The second kappa shape index (κ2) is 9.82. The number of hydrogen-bond donors (Lipinski definition) is 2. The fourth-order valence-electron chi connectivity index (χ4n) is 2.84. The van der Waals surface area contributed by atoms with Gasteiger partial charge >= 0.3 is 6.03 Å². The molecule has 2 amide bonds. The van der Waals surface area contributed by atoms with Gasteiger partial charge in [0.25, 0.3) is 0 Å². The van der Waals surface area contributed by atoms with Crippen molar-refractivity contribution in [3.63, 3.8) is 0 Å². The number of unbranched alkanes of at least 4 members (excludes halogenated alkanes) is 1. The van der Waals surface area contributed by atoms with Gasteiger partial charge in [-0.15, -0.1) is 0 Å². The lowest BCUT2D eigenvalue weighted by molar-refractivity contribution is 0.171. The average Bonchev–Trinajstić information content (AvgIpc) is 2.73. The summed E-state index contributed by atoms with van der Waals surface area (Å²) in [6.07, 6.45) is 3.71. The number of amides is 2. The Labute approximate surface area is 165 Å². The SMILES string of the molecule is CCCCOc1ncccc1CNC(=O)NC(C)c1ccc2c(c1)OCCO2. The van der Waals surface area contributed by atoms with E-state index in [2.05, 4.69) is 22.5 Å². The van der Waals surface area contributed by atoms with Crippen molar-refractivity contribution in [2.45, 2.75) is 39.3 Å². The van der Waals surface area contributed by atoms with E-state index in [0.29, 0.717) is 38.0 Å². The van der Waals surface area contributed by atoms with Crippen molar-refractivity contribution in [3.05, 3.63) is 47.7 Å². The second-order valence-corrected chi connectivity index (χ2v) is 6.62. The summed E-state index contributed by atoms with van der Waals surface area (Å²) < 4.78 is 16.8. The molecule has 2 aromatic rings. The summed E-state index contributed by atoms with van der Waals surface area (Å²) in [7, 11) is 0. The van der Waals surface area contributed by atoms with Crippen LogP contribution in [-0.2, 0) is 6.54 Å². The summed E-state index contributed by atoms with van der Waals surface area (Å²) >= 11 is 0. The molecule has 1 aromatic heterocycles. The standard InChI is InChI=1S/C21H27N3O4/c1-3-4-10-28-20-17(6-5-9-22-20)14-23-21(25)24-15(2)16-7-8-18-19(13-16)27-12-11-26-18/h5-9,13,15H,3-4,10-12,14H2,1-2H3,(H2,23,24,25). The largest absolute Gasteiger partial charge is 0.486 e. The zero-order valence-corrected chi connectivity index (χ0v) is 16.4. The van der Waals surface area contributed by atoms with Crippen molar-refractivity contribution in [1.29, 1.82) is 0 Å². The van der Waals surface area contributed by atoms with Crippen LogP contribution >= 0.6 is 0 Å². The number of rotatable bonds is 8. The van der Waals surface area contributed by atoms with E-state index in [1.54, 1.807) is 6.20 Å². The lowest BCUT2D eigenvalue weighted by Gasteiger charge is -2.21. The summed E-state index contributed by atoms with van der Waals surface area (Å²) in [6.45, 7) is 6.09. The zero-order chi connectivity index (χ0) is 19.8. The van der Waals surface area contributed by atoms with E-state index in [-0.39, 0.29) is 12.1 Å². The van der Waals surface area contributed by atoms with Crippen LogP contribution in [0.25, 0.3) is 0 Å². The lowest BCUT2D eigenvalue weighted by Crippen LogP contribution is -2.36. The monoisotopic (exact) mass is 385 g/mol. The van der Waals surface area contributed by atoms with Crippen LogP contribution < -0.4 is 24.8 Å². The van der Waals surface area contributed by atoms with Gasteiger partial charge in [-0.1, -0.05) is 25.5 Å². The van der Waals surface area contributed by atoms with Crippen LogP contribution in [0.2, 0.25) is 0 Å². The van der Waals surface area contributed by atoms with Crippen LogP contribution in [0.4, 0.5) is 4.79 Å². The molecule has 7 nitrogen and oxygen atoms in total. The first-order chi connectivity index (χ1) is 13.7. The Morgan fingerprint density at radius 3 is 2.89 bits per heavy atom. The molecule has 0 aliphatic carbocycles. The molecule has 2 heterocycles. The highest BCUT2D eigenvalue weighted by Crippen LogP contribution is 2.32. The maximum absolute atomic E-state index is 12.3. The molecule has 1 aromatic carbocycles. The molecule has 0 radical (unpaired) electrons. The van der Waals surface area contributed by atoms with Gasteiger partial charge in [-0.05, 0) is 37.1 Å². The van der Waals surface area contributed by atoms with Gasteiger partial charge < -0.3 is 24.8 Å². The molecule has 0 bridgehead atoms. The quantitative estimate of drug-likeness (QED) is 0.679. The molecule has 1 unspecified atom stereocenters. The van der Waals surface area contributed by atoms with Crippen molar-refractivity contribution in [2.24, 2.45) is 0 Å². The van der Waals surface area contributed by atoms with Gasteiger partial charge in [-0.2, -0.15) is 0 Å². The number of ether oxygens (including phenoxy) is 3. The predicted molar refractivity (Wildman–Crippen MR) is 106 cm³/mol. The van der Waals surface area contributed by atoms with E-state index in [9.17, 15) is 4.79 Å². The molecule has 0 saturated carbocycles. The minimum Gasteiger partial charge on any atom is -0.486 e. The van der Waals surface area contributed by atoms with E-state index in [1.807, 2.05) is 37.3 Å². The van der Waals surface area contributed by atoms with E-state index >= 15 is 0 Å². The molecule has 2 N–H and O–H groups in total. The molecular weight excluding hydrogens is 358 g/mol. The number of urea groups is 1. The van der Waals surface area contributed by atoms with Crippen LogP contribution in [0.3, 0.4) is 0 Å². The van der Waals surface area contributed by atoms with E-state index in [0.717, 1.165) is 29.7 Å². The van der Waals surface area contributed by atoms with Gasteiger partial charge in [0.1, 0.15) is 13.2 Å². The molecule has 150 valence electrons. The number of nitrogens with zero attached hydrogens (tertiary/aromatic N) is 1. The molecule has 0 spiro atoms. The van der Waals surface area contributed by atoms with Crippen molar-refractivity contribution < 1.29 is 19.0 Å². The van der Waals surface area contributed by atoms with E-state index in [4.69, 9.17) is 14.2 Å². The van der Waals surface area contributed by atoms with Gasteiger partial charge in [0.15, 0.2) is 11.5 Å². The topological polar surface area (TPSA) is 81.7 Å². The Morgan fingerprint density at radius 1 is 1.25 bits per heavy atom. The van der Waals surface area contributed by atoms with Crippen molar-refractivity contribution in [2.75, 3.05) is 19.8 Å². The van der Waals surface area contributed by atoms with Crippen molar-refractivity contribution in [3.8, 4) is 17.4 Å². The van der Waals surface area contributed by atoms with Crippen LogP contribution in [0.1, 0.15) is 43.9 Å². The van der Waals surface area contributed by atoms with Gasteiger partial charge in [-0.25, -0.2) is 9.78 Å². The third kappa shape index (κ3) is 5.28. The molecule has 28 heavy (non-hydrogen) atoms. The molecule has 1 aliphatic rings. The Bertz CT molecular complexity index is 797. The van der Waals surface area contributed by atoms with Crippen LogP contribution in [-0.4, -0.2) is 30.8 Å². The minimum absolute atomic E-state index is 0.176. The van der Waals surface area contributed by atoms with E-state index in [1.165, 1.54) is 0 Å². The first-order valence-electron chi connectivity index (χ1n) is 9.68. The maximum Gasteiger partial charge on any atom is 0.315 e. The molecule has 1 atom stereocenters. The number of hydrogen-bond acceptors (Lipinski definition) is 5. The fraction of sp³-hybridized carbons (Fsp3) is 0.429. The lowest BCUT2D eigenvalue weighted by atomic mass is 10.1. The highest BCUT2D eigenvalue weighted by Gasteiger charge is 2.16. The summed E-state index contributed by atoms with van der Waals surface area (Å²) in [5, 5.41) is 5.80. The third-order valence-corrected chi connectivity index (χ3v) is 4.44. The third-order valence-electron chi connectivity index (χ3n) is 4.44. The number of aromatic nitrogens is 1. The molecule has 1 aliphatic heterocycles. The molecule has 0 saturated heterocycles. The Hall–Kier alpha value is -2.96. The molecular formula is C21H27N3O4. The first kappa shape index (κ1) is 19.8. The van der Waals surface area contributed by atoms with Crippen LogP contribution in [0, 0.1) is 0 Å². The van der Waals surface area contributed by atoms with Crippen molar-refractivity contribution in [1.82, 2.24) is 15.6 Å². The zero-order valence-electron chi connectivity index (χ0n) is 16.4. The molecule has 0 fully saturated rings. The summed E-state index contributed by atoms with van der Waals surface area (Å²) in [5.74, 6) is 2.01. The number of pyridine rings is 1. The summed E-state index contributed by atoms with van der Waals surface area (Å²) in [4.78, 5) is 16.6. The molecule has 3 rings (SSSR count). The summed E-state index contributed by atoms with van der Waals surface area (Å²) in [6, 6.07) is 9.00. The number of fused-ring (bicyclic) bond motifs is 1. The fourth-order valence-corrected chi connectivity index (χ4v) is 2.84. The smallest absolute Gasteiger partial charge is 0.315 e. The minimum atomic E-state index is -0.259. The van der Waals surface area contributed by atoms with Crippen LogP contribution in [0.15, 0.2) is 36.5 Å². The molecule has 7 heteroatoms. The summed E-state index contributed by atoms with van der Waals surface area (Å²) in [5.41, 5.74) is 1.80. The van der Waals surface area contributed by atoms with Crippen LogP contribution in [0.5, 0.6) is 17.4 Å². The Morgan fingerprint density at radius 2 is 2.07 bits per heavy atom. The highest BCUT2D eigenvalue weighted by molar-refractivity contribution is 5.74. The number of carbonyl (C=O) groups is 1. The predicted octanol–water partition coefficient (Wildman–Crippen LogP) is 3.59. The Balaban J connectivity index is 1.53. The van der Waals surface area contributed by atoms with Gasteiger partial charge in [-0.3, -0.25) is 0 Å². The second-order valence-electron chi connectivity index (χ2n) is 6.62. The van der Waals surface area contributed by atoms with Gasteiger partial charge in [0.05, 0.1) is 12.6 Å². The normalized spacial score (nSPS) is 13.5. The Kier molecular flexibility index (Phi) is 6.94. The number of benzene rings is 1. The van der Waals surface area contributed by atoms with Gasteiger partial charge in [0, 0.05) is 18.3 Å². The van der Waals surface area contributed by atoms with E-state index < -0.39 is 0 Å². The number of carbonyl (C=O) groups excluding carboxylic acids is 1. The average molecular weight is 385 g/mol. The van der Waals surface area contributed by atoms with Gasteiger partial charge in [0.2, 0.25) is 5.88 Å². The maximum atomic E-state index is 12.3. The van der Waals surface area contributed by atoms with Crippen molar-refractivity contribution >= 4 is 6.03 Å².